The summed E-state index contributed by atoms with van der Waals surface area (Å²) in [6, 6.07) is 0. The van der Waals surface area contributed by atoms with Crippen molar-refractivity contribution in [3.05, 3.63) is 27.1 Å². The Balaban J connectivity index is 2.41. The van der Waals surface area contributed by atoms with Gasteiger partial charge in [0, 0.05) is 23.4 Å². The molecule has 0 amide bonds. The number of nitrogens with zero attached hydrogens (tertiary/aromatic N) is 4. The van der Waals surface area contributed by atoms with Crippen molar-refractivity contribution in [2.45, 2.75) is 38.8 Å². The van der Waals surface area contributed by atoms with Crippen LogP contribution in [0.5, 0.6) is 0 Å². The van der Waals surface area contributed by atoms with Gasteiger partial charge in [0.15, 0.2) is 11.2 Å². The van der Waals surface area contributed by atoms with Gasteiger partial charge in [-0.2, -0.15) is 0 Å². The highest BCUT2D eigenvalue weighted by Gasteiger charge is 2.14. The third-order valence-electron chi connectivity index (χ3n) is 3.13. The number of aromatic nitrogens is 4. The molecule has 2 aromatic rings. The predicted octanol–water partition coefficient (Wildman–Crippen LogP) is -0.0152. The number of imidazole rings is 1. The molecule has 0 fully saturated rings. The van der Waals surface area contributed by atoms with Crippen LogP contribution in [0.1, 0.15) is 30.3 Å². The van der Waals surface area contributed by atoms with E-state index in [-0.39, 0.29) is 36.9 Å². The summed E-state index contributed by atoms with van der Waals surface area (Å²) in [5, 5.41) is 9.37. The lowest BCUT2D eigenvalue weighted by molar-refractivity contribution is 0.180. The number of rotatable bonds is 5. The molecule has 0 saturated heterocycles. The van der Waals surface area contributed by atoms with Gasteiger partial charge in [0.2, 0.25) is 0 Å². The molecule has 2 aromatic heterocycles. The van der Waals surface area contributed by atoms with E-state index in [2.05, 4.69) is 4.98 Å². The van der Waals surface area contributed by atoms with Crippen molar-refractivity contribution >= 4 is 11.2 Å². The van der Waals surface area contributed by atoms with Gasteiger partial charge in [-0.1, -0.05) is 0 Å². The normalized spacial score (nSPS) is 15.9. The molecule has 0 aliphatic carbocycles. The fourth-order valence-electron chi connectivity index (χ4n) is 2.08. The molecule has 0 aliphatic rings. The van der Waals surface area contributed by atoms with Crippen LogP contribution in [0.3, 0.4) is 0 Å². The molecule has 7 nitrogen and oxygen atoms in total. The molecule has 1 atom stereocenters. The molecule has 0 bridgehead atoms. The van der Waals surface area contributed by atoms with Gasteiger partial charge in [0.1, 0.15) is 1.37 Å². The zero-order chi connectivity index (χ0) is 17.5. The van der Waals surface area contributed by atoms with Gasteiger partial charge in [-0.15, -0.1) is 0 Å². The zero-order valence-electron chi connectivity index (χ0n) is 14.8. The average Bonchev–Trinajstić information content (AvgIpc) is 2.76. The van der Waals surface area contributed by atoms with Crippen molar-refractivity contribution in [2.75, 3.05) is 0 Å². The van der Waals surface area contributed by atoms with Crippen molar-refractivity contribution in [3.8, 4) is 0 Å². The van der Waals surface area contributed by atoms with Gasteiger partial charge in [0.25, 0.3) is 5.56 Å². The van der Waals surface area contributed by atoms with Gasteiger partial charge in [0.05, 0.1) is 12.4 Å². The van der Waals surface area contributed by atoms with Gasteiger partial charge >= 0.3 is 5.69 Å². The SMILES string of the molecule is [2H]c1nc2c(c(=O)n(CCCC([2H])([2H])C(C)O)c(=O)n2C)n1C. The van der Waals surface area contributed by atoms with E-state index in [0.717, 1.165) is 4.57 Å². The second-order valence-corrected chi connectivity index (χ2v) is 4.73. The van der Waals surface area contributed by atoms with Crippen LogP contribution in [-0.2, 0) is 20.6 Å². The summed E-state index contributed by atoms with van der Waals surface area (Å²) in [4.78, 5) is 28.7. The number of hydrogen-bond acceptors (Lipinski definition) is 4. The van der Waals surface area contributed by atoms with Crippen LogP contribution < -0.4 is 11.2 Å². The Kier molecular flexibility index (Phi) is 3.05. The number of aliphatic hydroxyl groups is 1. The van der Waals surface area contributed by atoms with Crippen molar-refractivity contribution in [1.82, 2.24) is 18.7 Å². The molecule has 2 heterocycles. The summed E-state index contributed by atoms with van der Waals surface area (Å²) in [6.45, 7) is 1.40. The summed E-state index contributed by atoms with van der Waals surface area (Å²) in [7, 11) is 3.00. The maximum Gasteiger partial charge on any atom is 0.332 e. The van der Waals surface area contributed by atoms with Crippen molar-refractivity contribution in [3.63, 3.8) is 0 Å². The van der Waals surface area contributed by atoms with E-state index in [1.807, 2.05) is 0 Å². The lowest BCUT2D eigenvalue weighted by Crippen LogP contribution is -2.39. The van der Waals surface area contributed by atoms with Gasteiger partial charge in [-0.3, -0.25) is 13.9 Å². The Morgan fingerprint density at radius 3 is 2.80 bits per heavy atom. The van der Waals surface area contributed by atoms with Crippen LogP contribution >= 0.6 is 0 Å². The minimum Gasteiger partial charge on any atom is -0.393 e. The molecular formula is C13H20N4O3. The molecule has 1 N–H and O–H groups in total. The Morgan fingerprint density at radius 1 is 1.45 bits per heavy atom. The second kappa shape index (κ2) is 5.62. The van der Waals surface area contributed by atoms with Crippen molar-refractivity contribution in [1.29, 1.82) is 0 Å². The molecule has 110 valence electrons. The Bertz CT molecular complexity index is 851. The molecule has 7 heteroatoms. The third-order valence-corrected chi connectivity index (χ3v) is 3.13. The highest BCUT2D eigenvalue weighted by atomic mass is 16.3. The van der Waals surface area contributed by atoms with E-state index in [9.17, 15) is 14.7 Å². The lowest BCUT2D eigenvalue weighted by atomic mass is 10.2. The van der Waals surface area contributed by atoms with E-state index in [1.165, 1.54) is 30.2 Å². The summed E-state index contributed by atoms with van der Waals surface area (Å²) in [5.41, 5.74) is -0.786. The van der Waals surface area contributed by atoms with Gasteiger partial charge in [-0.05, 0) is 26.1 Å². The Morgan fingerprint density at radius 2 is 2.15 bits per heavy atom. The number of hydrogen-bond donors (Lipinski definition) is 1. The number of aryl methyl sites for hydroxylation is 2. The third kappa shape index (κ3) is 2.53. The maximum absolute atomic E-state index is 12.5. The number of fused-ring (bicyclic) bond motifs is 1. The highest BCUT2D eigenvalue weighted by molar-refractivity contribution is 5.69. The van der Waals surface area contributed by atoms with Crippen LogP contribution in [0.2, 0.25) is 0 Å². The predicted molar refractivity (Wildman–Crippen MR) is 75.7 cm³/mol. The first-order chi connectivity index (χ1) is 10.6. The molecular weight excluding hydrogens is 260 g/mol. The van der Waals surface area contributed by atoms with E-state index >= 15 is 0 Å². The summed E-state index contributed by atoms with van der Waals surface area (Å²) in [5.74, 6) is 0. The Hall–Kier alpha value is -1.89. The minimum atomic E-state index is -1.78. The van der Waals surface area contributed by atoms with Crippen molar-refractivity contribution < 1.29 is 9.22 Å². The Labute approximate surface area is 120 Å². The molecule has 0 aliphatic heterocycles. The first-order valence-corrected chi connectivity index (χ1v) is 6.39. The molecule has 0 radical (unpaired) electrons. The molecule has 0 saturated carbocycles. The van der Waals surface area contributed by atoms with Crippen LogP contribution in [0.15, 0.2) is 15.9 Å². The quantitative estimate of drug-likeness (QED) is 0.836. The maximum atomic E-state index is 12.5. The fourth-order valence-corrected chi connectivity index (χ4v) is 2.08. The van der Waals surface area contributed by atoms with Gasteiger partial charge in [-0.25, -0.2) is 9.78 Å². The second-order valence-electron chi connectivity index (χ2n) is 4.73. The molecule has 2 rings (SSSR count). The lowest BCUT2D eigenvalue weighted by Gasteiger charge is -2.09. The zero-order valence-corrected chi connectivity index (χ0v) is 11.8. The van der Waals surface area contributed by atoms with Crippen LogP contribution in [0, 0.1) is 0 Å². The minimum absolute atomic E-state index is 0.0212. The van der Waals surface area contributed by atoms with Crippen molar-refractivity contribution in [2.24, 2.45) is 14.1 Å². The summed E-state index contributed by atoms with van der Waals surface area (Å²) < 4.78 is 26.5. The topological polar surface area (TPSA) is 82.1 Å². The average molecular weight is 283 g/mol. The molecule has 0 aromatic carbocycles. The van der Waals surface area contributed by atoms with E-state index < -0.39 is 23.7 Å². The monoisotopic (exact) mass is 283 g/mol. The van der Waals surface area contributed by atoms with Crippen LogP contribution in [0.25, 0.3) is 11.2 Å². The summed E-state index contributed by atoms with van der Waals surface area (Å²) in [6.07, 6.45) is -2.78. The molecule has 0 spiro atoms. The van der Waals surface area contributed by atoms with E-state index in [0.29, 0.717) is 0 Å². The first-order valence-electron chi connectivity index (χ1n) is 7.89. The first kappa shape index (κ1) is 10.8. The van der Waals surface area contributed by atoms with Gasteiger partial charge < -0.3 is 9.67 Å². The molecule has 20 heavy (non-hydrogen) atoms. The van der Waals surface area contributed by atoms with E-state index in [4.69, 9.17) is 4.11 Å². The number of aliphatic hydroxyl groups excluding tert-OH is 1. The highest BCUT2D eigenvalue weighted by Crippen LogP contribution is 2.04. The molecule has 1 unspecified atom stereocenters. The fraction of sp³-hybridized carbons (Fsp3) is 0.615. The summed E-state index contributed by atoms with van der Waals surface area (Å²) >= 11 is 0. The van der Waals surface area contributed by atoms with Crippen LogP contribution in [0.4, 0.5) is 0 Å². The standard InChI is InChI=1S/C13H20N4O3/c1-9(18)6-4-5-7-17-12(19)10-11(14-8-15(10)2)16(3)13(17)20/h8-9,18H,4-7H2,1-3H3/i6D2,8D. The van der Waals surface area contributed by atoms with E-state index in [1.54, 1.807) is 0 Å². The smallest absolute Gasteiger partial charge is 0.332 e. The van der Waals surface area contributed by atoms with Crippen LogP contribution in [-0.4, -0.2) is 29.9 Å². The largest absolute Gasteiger partial charge is 0.393 e.